The van der Waals surface area contributed by atoms with Gasteiger partial charge in [-0.2, -0.15) is 0 Å². The van der Waals surface area contributed by atoms with Crippen molar-refractivity contribution in [2.45, 2.75) is 19.9 Å². The topological polar surface area (TPSA) is 32.3 Å². The number of halogens is 1. The van der Waals surface area contributed by atoms with Crippen LogP contribution in [0.2, 0.25) is 0 Å². The highest BCUT2D eigenvalue weighted by molar-refractivity contribution is 5.95. The highest BCUT2D eigenvalue weighted by Crippen LogP contribution is 2.15. The van der Waals surface area contributed by atoms with Crippen LogP contribution < -0.4 is 5.32 Å². The molecule has 1 aromatic rings. The molecule has 1 heterocycles. The van der Waals surface area contributed by atoms with Crippen molar-refractivity contribution in [2.75, 3.05) is 19.6 Å². The van der Waals surface area contributed by atoms with Crippen LogP contribution in [-0.2, 0) is 0 Å². The Balaban J connectivity index is 2.26. The Bertz CT molecular complexity index is 433. The second kappa shape index (κ2) is 4.84. The normalized spacial score (nSPS) is 20.4. The van der Waals surface area contributed by atoms with E-state index in [1.165, 1.54) is 12.1 Å². The molecule has 0 saturated carbocycles. The van der Waals surface area contributed by atoms with E-state index in [1.54, 1.807) is 11.0 Å². The third kappa shape index (κ3) is 2.47. The third-order valence-corrected chi connectivity index (χ3v) is 3.19. The lowest BCUT2D eigenvalue weighted by Crippen LogP contribution is -2.52. The zero-order chi connectivity index (χ0) is 12.4. The highest BCUT2D eigenvalue weighted by Gasteiger charge is 2.25. The summed E-state index contributed by atoms with van der Waals surface area (Å²) in [4.78, 5) is 14.1. The quantitative estimate of drug-likeness (QED) is 0.802. The molecule has 1 aliphatic heterocycles. The van der Waals surface area contributed by atoms with Crippen LogP contribution in [0.5, 0.6) is 0 Å². The maximum atomic E-state index is 13.2. The number of hydrogen-bond acceptors (Lipinski definition) is 2. The van der Waals surface area contributed by atoms with E-state index in [1.807, 2.05) is 13.8 Å². The summed E-state index contributed by atoms with van der Waals surface area (Å²) in [7, 11) is 0. The molecule has 0 bridgehead atoms. The smallest absolute Gasteiger partial charge is 0.254 e. The van der Waals surface area contributed by atoms with Gasteiger partial charge in [0.2, 0.25) is 0 Å². The molecule has 0 spiro atoms. The van der Waals surface area contributed by atoms with Gasteiger partial charge in [0.1, 0.15) is 5.82 Å². The maximum absolute atomic E-state index is 13.2. The lowest BCUT2D eigenvalue weighted by Gasteiger charge is -2.34. The first-order valence-corrected chi connectivity index (χ1v) is 5.87. The van der Waals surface area contributed by atoms with Crippen LogP contribution in [0.25, 0.3) is 0 Å². The average molecular weight is 236 g/mol. The van der Waals surface area contributed by atoms with Crippen molar-refractivity contribution in [1.29, 1.82) is 0 Å². The molecule has 0 unspecified atom stereocenters. The number of nitrogens with zero attached hydrogens (tertiary/aromatic N) is 1. The number of hydrogen-bond donors (Lipinski definition) is 1. The van der Waals surface area contributed by atoms with Crippen LogP contribution in [0.4, 0.5) is 4.39 Å². The third-order valence-electron chi connectivity index (χ3n) is 3.19. The molecule has 1 atom stereocenters. The Morgan fingerprint density at radius 1 is 1.53 bits per heavy atom. The van der Waals surface area contributed by atoms with E-state index in [9.17, 15) is 9.18 Å². The predicted octanol–water partition coefficient (Wildman–Crippen LogP) is 1.57. The summed E-state index contributed by atoms with van der Waals surface area (Å²) >= 11 is 0. The number of aryl methyl sites for hydroxylation is 1. The average Bonchev–Trinajstić information content (AvgIpc) is 2.32. The fourth-order valence-electron chi connectivity index (χ4n) is 2.12. The van der Waals surface area contributed by atoms with Gasteiger partial charge in [-0.05, 0) is 31.5 Å². The Hall–Kier alpha value is -1.42. The first-order valence-electron chi connectivity index (χ1n) is 5.87. The molecular weight excluding hydrogens is 219 g/mol. The van der Waals surface area contributed by atoms with Gasteiger partial charge in [-0.25, -0.2) is 4.39 Å². The molecule has 1 aromatic carbocycles. The fraction of sp³-hybridized carbons (Fsp3) is 0.462. The number of nitrogens with one attached hydrogen (secondary N) is 1. The number of rotatable bonds is 1. The number of carbonyl (C=O) groups is 1. The molecule has 4 heteroatoms. The summed E-state index contributed by atoms with van der Waals surface area (Å²) in [5.41, 5.74) is 1.29. The molecule has 0 aromatic heterocycles. The first-order chi connectivity index (χ1) is 8.09. The Morgan fingerprint density at radius 3 is 3.00 bits per heavy atom. The molecule has 1 saturated heterocycles. The van der Waals surface area contributed by atoms with E-state index in [2.05, 4.69) is 5.32 Å². The van der Waals surface area contributed by atoms with Gasteiger partial charge < -0.3 is 10.2 Å². The van der Waals surface area contributed by atoms with Crippen LogP contribution in [0.3, 0.4) is 0 Å². The van der Waals surface area contributed by atoms with E-state index >= 15 is 0 Å². The van der Waals surface area contributed by atoms with Crippen LogP contribution in [0.1, 0.15) is 22.8 Å². The zero-order valence-corrected chi connectivity index (χ0v) is 10.2. The van der Waals surface area contributed by atoms with Gasteiger partial charge in [0, 0.05) is 31.2 Å². The van der Waals surface area contributed by atoms with E-state index in [0.717, 1.165) is 18.7 Å². The summed E-state index contributed by atoms with van der Waals surface area (Å²) in [6.07, 6.45) is 0. The van der Waals surface area contributed by atoms with Crippen LogP contribution in [-0.4, -0.2) is 36.5 Å². The minimum atomic E-state index is -0.360. The number of piperazine rings is 1. The second-order valence-corrected chi connectivity index (χ2v) is 4.51. The molecule has 1 amide bonds. The molecular formula is C13H17FN2O. The maximum Gasteiger partial charge on any atom is 0.254 e. The van der Waals surface area contributed by atoms with E-state index in [-0.39, 0.29) is 17.8 Å². The number of carbonyl (C=O) groups excluding carboxylic acids is 1. The van der Waals surface area contributed by atoms with Crippen LogP contribution in [0.15, 0.2) is 18.2 Å². The predicted molar refractivity (Wildman–Crippen MR) is 64.5 cm³/mol. The molecule has 17 heavy (non-hydrogen) atoms. The molecule has 0 radical (unpaired) electrons. The molecule has 92 valence electrons. The Labute approximate surface area is 101 Å². The lowest BCUT2D eigenvalue weighted by molar-refractivity contribution is 0.0654. The fourth-order valence-corrected chi connectivity index (χ4v) is 2.12. The van der Waals surface area contributed by atoms with Crippen LogP contribution in [0, 0.1) is 12.7 Å². The molecule has 3 nitrogen and oxygen atoms in total. The Kier molecular flexibility index (Phi) is 3.43. The summed E-state index contributed by atoms with van der Waals surface area (Å²) in [5.74, 6) is -0.433. The van der Waals surface area contributed by atoms with Gasteiger partial charge in [0.05, 0.1) is 0 Å². The minimum Gasteiger partial charge on any atom is -0.333 e. The Morgan fingerprint density at radius 2 is 2.29 bits per heavy atom. The van der Waals surface area contributed by atoms with E-state index in [4.69, 9.17) is 0 Å². The summed E-state index contributed by atoms with van der Waals surface area (Å²) in [5, 5.41) is 3.23. The summed E-state index contributed by atoms with van der Waals surface area (Å²) in [6.45, 7) is 6.10. The van der Waals surface area contributed by atoms with Gasteiger partial charge >= 0.3 is 0 Å². The van der Waals surface area contributed by atoms with Crippen LogP contribution >= 0.6 is 0 Å². The van der Waals surface area contributed by atoms with Crippen molar-refractivity contribution in [3.8, 4) is 0 Å². The number of benzene rings is 1. The van der Waals surface area contributed by atoms with E-state index < -0.39 is 0 Å². The molecule has 0 aliphatic carbocycles. The van der Waals surface area contributed by atoms with Crippen molar-refractivity contribution in [1.82, 2.24) is 10.2 Å². The largest absolute Gasteiger partial charge is 0.333 e. The zero-order valence-electron chi connectivity index (χ0n) is 10.2. The SMILES string of the molecule is Cc1ccc(F)cc1C(=O)N1CCNC[C@@H]1C. The van der Waals surface area contributed by atoms with Crippen molar-refractivity contribution in [3.63, 3.8) is 0 Å². The van der Waals surface area contributed by atoms with Crippen molar-refractivity contribution < 1.29 is 9.18 Å². The molecule has 1 aliphatic rings. The lowest BCUT2D eigenvalue weighted by atomic mass is 10.1. The number of amides is 1. The van der Waals surface area contributed by atoms with Crippen molar-refractivity contribution in [2.24, 2.45) is 0 Å². The second-order valence-electron chi connectivity index (χ2n) is 4.51. The van der Waals surface area contributed by atoms with Crippen molar-refractivity contribution in [3.05, 3.63) is 35.1 Å². The van der Waals surface area contributed by atoms with E-state index in [0.29, 0.717) is 12.1 Å². The monoisotopic (exact) mass is 236 g/mol. The van der Waals surface area contributed by atoms with Gasteiger partial charge in [-0.3, -0.25) is 4.79 Å². The van der Waals surface area contributed by atoms with Crippen molar-refractivity contribution >= 4 is 5.91 Å². The minimum absolute atomic E-state index is 0.0731. The molecule has 1 fully saturated rings. The van der Waals surface area contributed by atoms with Gasteiger partial charge in [-0.15, -0.1) is 0 Å². The highest BCUT2D eigenvalue weighted by atomic mass is 19.1. The first kappa shape index (κ1) is 12.0. The molecule has 2 rings (SSSR count). The van der Waals surface area contributed by atoms with Gasteiger partial charge in [0.25, 0.3) is 5.91 Å². The van der Waals surface area contributed by atoms with Gasteiger partial charge in [-0.1, -0.05) is 6.07 Å². The molecule has 1 N–H and O–H groups in total. The summed E-state index contributed by atoms with van der Waals surface area (Å²) in [6, 6.07) is 4.51. The van der Waals surface area contributed by atoms with Gasteiger partial charge in [0.15, 0.2) is 0 Å². The summed E-state index contributed by atoms with van der Waals surface area (Å²) < 4.78 is 13.2. The standard InChI is InChI=1S/C13H17FN2O/c1-9-3-4-11(14)7-12(9)13(17)16-6-5-15-8-10(16)2/h3-4,7,10,15H,5-6,8H2,1-2H3/t10-/m0/s1.